The molecular weight excluding hydrogens is 564 g/mol. The number of aromatic nitrogens is 4. The minimum Gasteiger partial charge on any atom is -1.00 e. The van der Waals surface area contributed by atoms with Gasteiger partial charge in [0.05, 0.1) is 18.2 Å². The second-order valence-electron chi connectivity index (χ2n) is 9.38. The fourth-order valence-electron chi connectivity index (χ4n) is 4.63. The zero-order chi connectivity index (χ0) is 28.6. The average molecular weight is 588 g/mol. The molecule has 1 heterocycles. The number of anilines is 1. The molecule has 2 aromatic carbocycles. The molecule has 40 heavy (non-hydrogen) atoms. The van der Waals surface area contributed by atoms with Gasteiger partial charge in [-0.3, -0.25) is 0 Å². The van der Waals surface area contributed by atoms with Crippen LogP contribution in [0.15, 0.2) is 36.4 Å². The van der Waals surface area contributed by atoms with Crippen LogP contribution >= 0.6 is 0 Å². The molecule has 1 fully saturated rings. The van der Waals surface area contributed by atoms with Crippen LogP contribution in [0.4, 0.5) is 45.5 Å². The van der Waals surface area contributed by atoms with Crippen LogP contribution in [0.5, 0.6) is 0 Å². The fraction of sp³-hybridized carbons (Fsp3) is 0.440. The van der Waals surface area contributed by atoms with Gasteiger partial charge in [-0.25, -0.2) is 0 Å². The van der Waals surface area contributed by atoms with Crippen LogP contribution in [0.2, 0.25) is 0 Å². The fourth-order valence-corrected chi connectivity index (χ4v) is 4.63. The Hall–Kier alpha value is -2.45. The Bertz CT molecular complexity index is 1270. The van der Waals surface area contributed by atoms with Crippen molar-refractivity contribution in [2.45, 2.75) is 63.7 Å². The molecule has 3 aromatic rings. The van der Waals surface area contributed by atoms with E-state index in [1.807, 2.05) is 0 Å². The molecule has 0 radical (unpaired) electrons. The summed E-state index contributed by atoms with van der Waals surface area (Å²) >= 11 is 0. The maximum Gasteiger partial charge on any atom is 1.00 e. The van der Waals surface area contributed by atoms with Gasteiger partial charge in [-0.15, -0.1) is 22.8 Å². The molecule has 1 aliphatic rings. The largest absolute Gasteiger partial charge is 1.00 e. The van der Waals surface area contributed by atoms with Gasteiger partial charge in [0, 0.05) is 18.7 Å². The van der Waals surface area contributed by atoms with Crippen molar-refractivity contribution < 1.29 is 70.5 Å². The van der Waals surface area contributed by atoms with E-state index in [-0.39, 0.29) is 60.7 Å². The van der Waals surface area contributed by atoms with E-state index in [9.17, 15) is 39.5 Å². The van der Waals surface area contributed by atoms with Crippen molar-refractivity contribution in [1.29, 1.82) is 0 Å². The quantitative estimate of drug-likeness (QED) is 0.242. The van der Waals surface area contributed by atoms with E-state index in [0.717, 1.165) is 42.1 Å². The molecule has 5 nitrogen and oxygen atoms in total. The molecule has 0 aliphatic heterocycles. The van der Waals surface area contributed by atoms with Gasteiger partial charge >= 0.3 is 48.1 Å². The zero-order valence-electron chi connectivity index (χ0n) is 22.6. The minimum atomic E-state index is -5.06. The third kappa shape index (κ3) is 7.84. The molecule has 0 spiro atoms. The average Bonchev–Trinajstić information content (AvgIpc) is 3.28. The van der Waals surface area contributed by atoms with Gasteiger partial charge in [-0.05, 0) is 29.0 Å². The molecule has 1 aromatic heterocycles. The first-order valence-corrected chi connectivity index (χ1v) is 11.9. The number of hydrogen-bond acceptors (Lipinski definition) is 4. The molecule has 0 bridgehead atoms. The topological polar surface area (TPSA) is 46.8 Å². The van der Waals surface area contributed by atoms with Crippen molar-refractivity contribution in [2.75, 3.05) is 4.90 Å². The Balaban J connectivity index is 0.00000294. The van der Waals surface area contributed by atoms with E-state index in [1.54, 1.807) is 0 Å². The van der Waals surface area contributed by atoms with Crippen molar-refractivity contribution in [2.24, 2.45) is 7.05 Å². The van der Waals surface area contributed by atoms with Crippen LogP contribution in [0.3, 0.4) is 0 Å². The first-order chi connectivity index (χ1) is 18.1. The van der Waals surface area contributed by atoms with Gasteiger partial charge in [-0.2, -0.15) is 61.9 Å². The van der Waals surface area contributed by atoms with Crippen molar-refractivity contribution >= 4 is 5.95 Å². The van der Waals surface area contributed by atoms with E-state index in [0.29, 0.717) is 30.5 Å². The van der Waals surface area contributed by atoms with Gasteiger partial charge in [0.2, 0.25) is 0 Å². The van der Waals surface area contributed by atoms with E-state index >= 15 is 0 Å². The summed E-state index contributed by atoms with van der Waals surface area (Å²) in [5.74, 6) is 0.774. The van der Waals surface area contributed by atoms with E-state index < -0.39 is 41.8 Å². The number of rotatable bonds is 6. The summed E-state index contributed by atoms with van der Waals surface area (Å²) in [4.78, 5) is 2.24. The van der Waals surface area contributed by atoms with Crippen molar-refractivity contribution in [3.63, 3.8) is 0 Å². The Morgan fingerprint density at radius 1 is 0.800 bits per heavy atom. The van der Waals surface area contributed by atoms with Gasteiger partial charge < -0.3 is 6.33 Å². The number of halogens is 9. The summed E-state index contributed by atoms with van der Waals surface area (Å²) < 4.78 is 121. The Labute approximate surface area is 247 Å². The third-order valence-corrected chi connectivity index (χ3v) is 6.43. The smallest absolute Gasteiger partial charge is 1.00 e. The molecule has 214 valence electrons. The van der Waals surface area contributed by atoms with Crippen LogP contribution in [0.25, 0.3) is 0 Å². The number of nitrogens with zero attached hydrogens (tertiary/aromatic N) is 5. The maximum absolute atomic E-state index is 13.6. The zero-order valence-corrected chi connectivity index (χ0v) is 23.6. The number of aryl methyl sites for hydroxylation is 1. The van der Waals surface area contributed by atoms with Gasteiger partial charge in [-0.1, -0.05) is 37.2 Å². The summed E-state index contributed by atoms with van der Waals surface area (Å²) in [6, 6.07) is 4.44. The summed E-state index contributed by atoms with van der Waals surface area (Å²) in [5.41, 5.74) is -3.53. The normalized spacial score (nSPS) is 14.7. The molecule has 0 saturated heterocycles. The number of tetrazole rings is 1. The third-order valence-electron chi connectivity index (χ3n) is 6.43. The van der Waals surface area contributed by atoms with Crippen LogP contribution in [-0.4, -0.2) is 20.2 Å². The molecule has 15 heteroatoms. The number of alkyl halides is 9. The predicted octanol–water partition coefficient (Wildman–Crippen LogP) is 4.48. The van der Waals surface area contributed by atoms with Crippen LogP contribution < -0.4 is 34.5 Å². The van der Waals surface area contributed by atoms with E-state index in [4.69, 9.17) is 0 Å². The molecule has 0 N–H and O–H groups in total. The monoisotopic (exact) mass is 588 g/mol. The molecular formula is C25H24F9N5Na-. The number of hydrogen-bond donors (Lipinski definition) is 0. The van der Waals surface area contributed by atoms with Gasteiger partial charge in [0.15, 0.2) is 0 Å². The van der Waals surface area contributed by atoms with Crippen molar-refractivity contribution in [1.82, 2.24) is 20.2 Å². The maximum atomic E-state index is 13.6. The standard InChI is InChI=1S/C25H23F9N5.Na.H/c1-38-36-22(35-37-38)39(13-15-9-19(24(29,30)31)12-20(10-15)25(32,33)34)14-17-11-18(23(26,27)28)7-8-21(17)16-5-3-2-4-6-16;;/h7-12H,2-6,13-14H2,1H3;;/q-1;+1;-1. The van der Waals surface area contributed by atoms with Gasteiger partial charge in [0.1, 0.15) is 0 Å². The molecule has 1 saturated carbocycles. The molecule has 0 amide bonds. The predicted molar refractivity (Wildman–Crippen MR) is 123 cm³/mol. The molecule has 1 aliphatic carbocycles. The Kier molecular flexibility index (Phi) is 9.78. The summed E-state index contributed by atoms with van der Waals surface area (Å²) in [6.45, 7) is -0.865. The second-order valence-corrected chi connectivity index (χ2v) is 9.38. The molecule has 0 unspecified atom stereocenters. The van der Waals surface area contributed by atoms with E-state index in [2.05, 4.69) is 15.4 Å². The first-order valence-electron chi connectivity index (χ1n) is 11.9. The van der Waals surface area contributed by atoms with Crippen LogP contribution in [-0.2, 0) is 38.7 Å². The van der Waals surface area contributed by atoms with Crippen LogP contribution in [0.1, 0.15) is 66.9 Å². The first kappa shape index (κ1) is 32.1. The Morgan fingerprint density at radius 3 is 1.88 bits per heavy atom. The second kappa shape index (κ2) is 12.2. The van der Waals surface area contributed by atoms with Gasteiger partial charge in [0.25, 0.3) is 5.95 Å². The van der Waals surface area contributed by atoms with Crippen molar-refractivity contribution in [3.05, 3.63) is 75.7 Å². The summed E-state index contributed by atoms with van der Waals surface area (Å²) in [7, 11) is 1.40. The molecule has 4 rings (SSSR count). The summed E-state index contributed by atoms with van der Waals surface area (Å²) in [5, 5.41) is 11.5. The molecule has 0 atom stereocenters. The minimum absolute atomic E-state index is 0. The van der Waals surface area contributed by atoms with Crippen LogP contribution in [0, 0.1) is 5.92 Å². The Morgan fingerprint density at radius 2 is 1.38 bits per heavy atom. The summed E-state index contributed by atoms with van der Waals surface area (Å²) in [6.07, 6.45) is -10.7. The van der Waals surface area contributed by atoms with Crippen molar-refractivity contribution in [3.8, 4) is 0 Å². The van der Waals surface area contributed by atoms with E-state index in [1.165, 1.54) is 18.0 Å². The SMILES string of the molecule is Cn1nnc(N(Cc2cc(C(F)(F)F)cc(C(F)(F)F)c2)Cc2cc(C(F)(F)F)ccc2[C-]2CCCCC2)n1.[H-].[Na+]. The number of benzene rings is 2.